The average Bonchev–Trinajstić information content (AvgIpc) is 3.16. The van der Waals surface area contributed by atoms with Gasteiger partial charge in [-0.3, -0.25) is 4.79 Å². The second-order valence-corrected chi connectivity index (χ2v) is 6.10. The molecule has 120 valence electrons. The van der Waals surface area contributed by atoms with Crippen LogP contribution in [0.2, 0.25) is 0 Å². The number of ether oxygens (including phenoxy) is 2. The maximum Gasteiger partial charge on any atom is 0.221 e. The molecule has 2 N–H and O–H groups in total. The molecular formula is C17H23NO4. The van der Waals surface area contributed by atoms with E-state index >= 15 is 0 Å². The number of hydrogen-bond donors (Lipinski definition) is 2. The first-order chi connectivity index (χ1) is 10.7. The van der Waals surface area contributed by atoms with E-state index in [1.807, 2.05) is 18.2 Å². The summed E-state index contributed by atoms with van der Waals surface area (Å²) in [6.45, 7) is -0.0543. The van der Waals surface area contributed by atoms with Crippen molar-refractivity contribution in [2.45, 2.75) is 50.2 Å². The van der Waals surface area contributed by atoms with Gasteiger partial charge in [0.25, 0.3) is 0 Å². The Morgan fingerprint density at radius 3 is 2.73 bits per heavy atom. The van der Waals surface area contributed by atoms with Crippen LogP contribution in [0.1, 0.15) is 43.6 Å². The lowest BCUT2D eigenvalue weighted by molar-refractivity contribution is -0.119. The second-order valence-electron chi connectivity index (χ2n) is 6.10. The molecule has 1 aromatic carbocycles. The quantitative estimate of drug-likeness (QED) is 0.873. The predicted molar refractivity (Wildman–Crippen MR) is 82.3 cm³/mol. The van der Waals surface area contributed by atoms with Gasteiger partial charge in [0.1, 0.15) is 0 Å². The van der Waals surface area contributed by atoms with Crippen molar-refractivity contribution in [3.05, 3.63) is 23.8 Å². The number of methoxy groups -OCH3 is 1. The summed E-state index contributed by atoms with van der Waals surface area (Å²) in [7, 11) is 1.63. The van der Waals surface area contributed by atoms with Gasteiger partial charge in [-0.1, -0.05) is 6.07 Å². The molecule has 0 spiro atoms. The first-order valence-electron chi connectivity index (χ1n) is 7.96. The van der Waals surface area contributed by atoms with Crippen LogP contribution >= 0.6 is 0 Å². The first kappa shape index (κ1) is 15.2. The van der Waals surface area contributed by atoms with E-state index in [0.717, 1.165) is 24.2 Å². The minimum atomic E-state index is -0.222. The molecule has 1 aliphatic heterocycles. The van der Waals surface area contributed by atoms with Crippen molar-refractivity contribution < 1.29 is 19.4 Å². The number of benzene rings is 1. The first-order valence-corrected chi connectivity index (χ1v) is 7.96. The number of carbonyl (C=O) groups is 1. The highest BCUT2D eigenvalue weighted by Crippen LogP contribution is 2.37. The number of aliphatic hydroxyl groups is 1. The number of rotatable bonds is 5. The summed E-state index contributed by atoms with van der Waals surface area (Å²) in [5, 5.41) is 12.3. The molecule has 5 heteroatoms. The molecule has 2 fully saturated rings. The fourth-order valence-electron chi connectivity index (χ4n) is 3.43. The van der Waals surface area contributed by atoms with Crippen molar-refractivity contribution in [2.75, 3.05) is 13.7 Å². The van der Waals surface area contributed by atoms with Gasteiger partial charge in [-0.25, -0.2) is 0 Å². The van der Waals surface area contributed by atoms with Crippen LogP contribution in [0.3, 0.4) is 0 Å². The van der Waals surface area contributed by atoms with Crippen molar-refractivity contribution in [2.24, 2.45) is 0 Å². The minimum Gasteiger partial charge on any atom is -0.493 e. The summed E-state index contributed by atoms with van der Waals surface area (Å²) in [6.07, 6.45) is 5.23. The Morgan fingerprint density at radius 2 is 2.05 bits per heavy atom. The number of carbonyl (C=O) groups excluding carboxylic acids is 1. The molecule has 0 bridgehead atoms. The predicted octanol–water partition coefficient (Wildman–Crippen LogP) is 1.98. The highest BCUT2D eigenvalue weighted by molar-refractivity contribution is 5.80. The zero-order valence-corrected chi connectivity index (χ0v) is 12.9. The smallest absolute Gasteiger partial charge is 0.221 e. The third-order valence-corrected chi connectivity index (χ3v) is 4.65. The standard InChI is InChI=1S/C17H23NO4/c1-21-15-7-6-11(13-9-17(20)18-14(13)10-19)8-16(15)22-12-4-2-3-5-12/h6-8,12-14,19H,2-5,9-10H2,1H3,(H,18,20)/t13-,14+/m1/s1. The molecule has 1 saturated carbocycles. The van der Waals surface area contributed by atoms with E-state index in [1.54, 1.807) is 7.11 Å². The zero-order valence-electron chi connectivity index (χ0n) is 12.9. The van der Waals surface area contributed by atoms with Gasteiger partial charge in [-0.15, -0.1) is 0 Å². The van der Waals surface area contributed by atoms with Crippen LogP contribution in [0.15, 0.2) is 18.2 Å². The van der Waals surface area contributed by atoms with E-state index in [9.17, 15) is 9.90 Å². The largest absolute Gasteiger partial charge is 0.493 e. The molecule has 3 rings (SSSR count). The maximum atomic E-state index is 11.6. The molecule has 1 amide bonds. The van der Waals surface area contributed by atoms with E-state index in [1.165, 1.54) is 12.8 Å². The van der Waals surface area contributed by atoms with Crippen LogP contribution < -0.4 is 14.8 Å². The SMILES string of the molecule is COc1ccc([C@H]2CC(=O)N[C@H]2CO)cc1OC1CCCC1. The Hall–Kier alpha value is -1.75. The maximum absolute atomic E-state index is 11.6. The van der Waals surface area contributed by atoms with Crippen LogP contribution in [0.4, 0.5) is 0 Å². The van der Waals surface area contributed by atoms with Gasteiger partial charge in [-0.2, -0.15) is 0 Å². The van der Waals surface area contributed by atoms with Gasteiger partial charge in [0, 0.05) is 12.3 Å². The Balaban J connectivity index is 1.84. The molecule has 1 aliphatic carbocycles. The Morgan fingerprint density at radius 1 is 1.27 bits per heavy atom. The van der Waals surface area contributed by atoms with Crippen LogP contribution in [0.25, 0.3) is 0 Å². The molecule has 2 atom stereocenters. The average molecular weight is 305 g/mol. The Kier molecular flexibility index (Phi) is 4.52. The fourth-order valence-corrected chi connectivity index (χ4v) is 3.43. The fraction of sp³-hybridized carbons (Fsp3) is 0.588. The lowest BCUT2D eigenvalue weighted by atomic mass is 9.92. The third kappa shape index (κ3) is 3.04. The van der Waals surface area contributed by atoms with Gasteiger partial charge in [0.2, 0.25) is 5.91 Å². The van der Waals surface area contributed by atoms with E-state index in [-0.39, 0.29) is 30.6 Å². The van der Waals surface area contributed by atoms with Crippen molar-refractivity contribution in [3.8, 4) is 11.5 Å². The summed E-state index contributed by atoms with van der Waals surface area (Å²) in [6, 6.07) is 5.58. The summed E-state index contributed by atoms with van der Waals surface area (Å²) >= 11 is 0. The molecule has 2 aliphatic rings. The van der Waals surface area contributed by atoms with E-state index < -0.39 is 0 Å². The number of aliphatic hydroxyl groups excluding tert-OH is 1. The topological polar surface area (TPSA) is 67.8 Å². The monoisotopic (exact) mass is 305 g/mol. The molecule has 0 aromatic heterocycles. The minimum absolute atomic E-state index is 0.0156. The molecule has 1 heterocycles. The van der Waals surface area contributed by atoms with Crippen LogP contribution in [0, 0.1) is 0 Å². The van der Waals surface area contributed by atoms with E-state index in [0.29, 0.717) is 12.2 Å². The lowest BCUT2D eigenvalue weighted by Crippen LogP contribution is -2.31. The number of nitrogens with one attached hydrogen (secondary N) is 1. The van der Waals surface area contributed by atoms with Crippen molar-refractivity contribution >= 4 is 5.91 Å². The molecule has 1 aromatic rings. The van der Waals surface area contributed by atoms with Crippen molar-refractivity contribution in [1.29, 1.82) is 0 Å². The van der Waals surface area contributed by atoms with E-state index in [4.69, 9.17) is 9.47 Å². The summed E-state index contributed by atoms with van der Waals surface area (Å²) < 4.78 is 11.5. The molecule has 0 radical (unpaired) electrons. The summed E-state index contributed by atoms with van der Waals surface area (Å²) in [5.74, 6) is 1.42. The Bertz CT molecular complexity index is 539. The van der Waals surface area contributed by atoms with Crippen LogP contribution in [-0.4, -0.2) is 36.9 Å². The number of hydrogen-bond acceptors (Lipinski definition) is 4. The molecule has 22 heavy (non-hydrogen) atoms. The Labute approximate surface area is 130 Å². The molecule has 1 saturated heterocycles. The molecule has 0 unspecified atom stereocenters. The second kappa shape index (κ2) is 6.57. The van der Waals surface area contributed by atoms with Gasteiger partial charge in [0.15, 0.2) is 11.5 Å². The van der Waals surface area contributed by atoms with Crippen LogP contribution in [-0.2, 0) is 4.79 Å². The summed E-state index contributed by atoms with van der Waals surface area (Å²) in [4.78, 5) is 11.6. The van der Waals surface area contributed by atoms with Gasteiger partial charge in [0.05, 0.1) is 25.9 Å². The van der Waals surface area contributed by atoms with Gasteiger partial charge < -0.3 is 19.9 Å². The zero-order chi connectivity index (χ0) is 15.5. The number of amides is 1. The summed E-state index contributed by atoms with van der Waals surface area (Å²) in [5.41, 5.74) is 1.01. The normalized spacial score (nSPS) is 25.3. The highest BCUT2D eigenvalue weighted by Gasteiger charge is 2.33. The highest BCUT2D eigenvalue weighted by atomic mass is 16.5. The lowest BCUT2D eigenvalue weighted by Gasteiger charge is -2.20. The van der Waals surface area contributed by atoms with E-state index in [2.05, 4.69) is 5.32 Å². The molecule has 5 nitrogen and oxygen atoms in total. The molecular weight excluding hydrogens is 282 g/mol. The van der Waals surface area contributed by atoms with Crippen LogP contribution in [0.5, 0.6) is 11.5 Å². The van der Waals surface area contributed by atoms with Gasteiger partial charge in [-0.05, 0) is 43.4 Å². The van der Waals surface area contributed by atoms with Crippen molar-refractivity contribution in [3.63, 3.8) is 0 Å². The third-order valence-electron chi connectivity index (χ3n) is 4.65. The van der Waals surface area contributed by atoms with Crippen molar-refractivity contribution in [1.82, 2.24) is 5.32 Å². The van der Waals surface area contributed by atoms with Gasteiger partial charge >= 0.3 is 0 Å².